The van der Waals surface area contributed by atoms with Crippen molar-refractivity contribution in [2.45, 2.75) is 12.8 Å². The van der Waals surface area contributed by atoms with Gasteiger partial charge in [0.2, 0.25) is 0 Å². The van der Waals surface area contributed by atoms with E-state index < -0.39 is 0 Å². The van der Waals surface area contributed by atoms with Crippen LogP contribution in [0.25, 0.3) is 0 Å². The molecule has 0 aromatic heterocycles. The quantitative estimate of drug-likeness (QED) is 0.544. The molecule has 1 N–H and O–H groups in total. The number of hydrogen-bond donors (Lipinski definition) is 1. The van der Waals surface area contributed by atoms with Crippen LogP contribution in [0.1, 0.15) is 12.8 Å². The van der Waals surface area contributed by atoms with E-state index in [0.29, 0.717) is 17.6 Å². The Hall–Kier alpha value is -0.370. The highest BCUT2D eigenvalue weighted by molar-refractivity contribution is 5.88. The van der Waals surface area contributed by atoms with E-state index in [0.717, 1.165) is 24.9 Å². The first-order valence-corrected chi connectivity index (χ1v) is 4.62. The minimum absolute atomic E-state index is 0.458. The van der Waals surface area contributed by atoms with E-state index in [1.165, 1.54) is 12.8 Å². The number of carbonyl (C=O) groups is 1. The van der Waals surface area contributed by atoms with Gasteiger partial charge >= 0.3 is 0 Å². The van der Waals surface area contributed by atoms with Crippen LogP contribution in [0.4, 0.5) is 0 Å². The molecule has 2 nitrogen and oxygen atoms in total. The van der Waals surface area contributed by atoms with Crippen molar-refractivity contribution < 1.29 is 4.79 Å². The standard InChI is InChI=1S/C9H13NO/c11-9-5-1-2-6(9)8-4-10-3-7(5)8/h5-8,10H,1-4H2/t5-,6+,7-,8+. The van der Waals surface area contributed by atoms with Gasteiger partial charge in [-0.2, -0.15) is 0 Å². The Morgan fingerprint density at radius 2 is 1.64 bits per heavy atom. The highest BCUT2D eigenvalue weighted by atomic mass is 16.1. The van der Waals surface area contributed by atoms with Gasteiger partial charge in [-0.05, 0) is 37.8 Å². The number of nitrogens with one attached hydrogen (secondary N) is 1. The van der Waals surface area contributed by atoms with Gasteiger partial charge in [0.1, 0.15) is 5.78 Å². The fourth-order valence-electron chi connectivity index (χ4n) is 3.37. The van der Waals surface area contributed by atoms with Gasteiger partial charge in [-0.3, -0.25) is 4.79 Å². The van der Waals surface area contributed by atoms with E-state index in [2.05, 4.69) is 5.32 Å². The Morgan fingerprint density at radius 3 is 2.18 bits per heavy atom. The maximum atomic E-state index is 11.6. The molecule has 0 radical (unpaired) electrons. The number of ketones is 1. The SMILES string of the molecule is O=C1[C@H]2CC[C@@H]1[C@H]1CNC[C@H]12. The van der Waals surface area contributed by atoms with E-state index in [1.807, 2.05) is 0 Å². The Bertz CT molecular complexity index is 194. The Balaban J connectivity index is 1.99. The zero-order chi connectivity index (χ0) is 7.42. The largest absolute Gasteiger partial charge is 0.316 e. The Kier molecular flexibility index (Phi) is 1.05. The third-order valence-electron chi connectivity index (χ3n) is 3.86. The van der Waals surface area contributed by atoms with E-state index in [9.17, 15) is 4.79 Å². The normalized spacial score (nSPS) is 53.6. The van der Waals surface area contributed by atoms with Crippen molar-refractivity contribution in [3.63, 3.8) is 0 Å². The lowest BCUT2D eigenvalue weighted by Crippen LogP contribution is -2.19. The first-order chi connectivity index (χ1) is 5.38. The van der Waals surface area contributed by atoms with Crippen LogP contribution in [0.3, 0.4) is 0 Å². The lowest BCUT2D eigenvalue weighted by Gasteiger charge is -2.20. The van der Waals surface area contributed by atoms with Crippen LogP contribution in [-0.4, -0.2) is 18.9 Å². The van der Waals surface area contributed by atoms with Crippen molar-refractivity contribution in [1.82, 2.24) is 5.32 Å². The summed E-state index contributed by atoms with van der Waals surface area (Å²) < 4.78 is 0. The predicted molar refractivity (Wildman–Crippen MR) is 41.1 cm³/mol. The molecule has 3 aliphatic rings. The molecule has 1 heterocycles. The molecule has 11 heavy (non-hydrogen) atoms. The van der Waals surface area contributed by atoms with E-state index in [-0.39, 0.29) is 0 Å². The Labute approximate surface area is 66.4 Å². The summed E-state index contributed by atoms with van der Waals surface area (Å²) in [5.41, 5.74) is 0. The summed E-state index contributed by atoms with van der Waals surface area (Å²) in [6, 6.07) is 0. The number of rotatable bonds is 0. The topological polar surface area (TPSA) is 29.1 Å². The number of hydrogen-bond acceptors (Lipinski definition) is 2. The molecule has 3 fully saturated rings. The second-order valence-electron chi connectivity index (χ2n) is 4.18. The lowest BCUT2D eigenvalue weighted by molar-refractivity contribution is -0.122. The summed E-state index contributed by atoms with van der Waals surface area (Å²) in [6.45, 7) is 2.22. The third kappa shape index (κ3) is 0.598. The fraction of sp³-hybridized carbons (Fsp3) is 0.889. The molecule has 2 heteroatoms. The van der Waals surface area contributed by atoms with Gasteiger partial charge in [0, 0.05) is 11.8 Å². The average Bonchev–Trinajstić information content (AvgIpc) is 2.61. The van der Waals surface area contributed by atoms with Gasteiger partial charge in [-0.15, -0.1) is 0 Å². The lowest BCUT2D eigenvalue weighted by atomic mass is 9.82. The van der Waals surface area contributed by atoms with Gasteiger partial charge in [-0.25, -0.2) is 0 Å². The first kappa shape index (κ1) is 6.18. The predicted octanol–water partition coefficient (Wildman–Crippen LogP) is 0.431. The van der Waals surface area contributed by atoms with Gasteiger partial charge in [0.25, 0.3) is 0 Å². The molecule has 1 aliphatic heterocycles. The summed E-state index contributed by atoms with van der Waals surface area (Å²) in [7, 11) is 0. The Morgan fingerprint density at radius 1 is 1.09 bits per heavy atom. The molecule has 0 aromatic carbocycles. The first-order valence-electron chi connectivity index (χ1n) is 4.62. The maximum absolute atomic E-state index is 11.6. The van der Waals surface area contributed by atoms with E-state index in [4.69, 9.17) is 0 Å². The van der Waals surface area contributed by atoms with Crippen LogP contribution >= 0.6 is 0 Å². The zero-order valence-electron chi connectivity index (χ0n) is 6.55. The summed E-state index contributed by atoms with van der Waals surface area (Å²) in [5, 5.41) is 3.39. The van der Waals surface area contributed by atoms with Gasteiger partial charge in [0.05, 0.1) is 0 Å². The molecule has 2 bridgehead atoms. The van der Waals surface area contributed by atoms with Crippen molar-refractivity contribution in [1.29, 1.82) is 0 Å². The molecule has 2 saturated carbocycles. The molecule has 0 spiro atoms. The molecule has 2 aliphatic carbocycles. The number of carbonyl (C=O) groups excluding carboxylic acids is 1. The summed E-state index contributed by atoms with van der Waals surface area (Å²) in [5.74, 6) is 2.96. The van der Waals surface area contributed by atoms with Crippen molar-refractivity contribution >= 4 is 5.78 Å². The van der Waals surface area contributed by atoms with Crippen LogP contribution in [0.2, 0.25) is 0 Å². The molecular weight excluding hydrogens is 138 g/mol. The van der Waals surface area contributed by atoms with Crippen LogP contribution < -0.4 is 5.32 Å². The molecular formula is C9H13NO. The number of fused-ring (bicyclic) bond motifs is 5. The van der Waals surface area contributed by atoms with Gasteiger partial charge in [-0.1, -0.05) is 0 Å². The van der Waals surface area contributed by atoms with E-state index in [1.54, 1.807) is 0 Å². The second kappa shape index (κ2) is 1.86. The molecule has 0 unspecified atom stereocenters. The fourth-order valence-corrected chi connectivity index (χ4v) is 3.37. The number of Topliss-reactive ketones (excluding diaryl/α,β-unsaturated/α-hetero) is 1. The average molecular weight is 151 g/mol. The molecule has 0 aromatic rings. The second-order valence-corrected chi connectivity index (χ2v) is 4.18. The maximum Gasteiger partial charge on any atom is 0.139 e. The summed E-state index contributed by atoms with van der Waals surface area (Å²) >= 11 is 0. The smallest absolute Gasteiger partial charge is 0.139 e. The molecule has 1 saturated heterocycles. The third-order valence-corrected chi connectivity index (χ3v) is 3.86. The minimum Gasteiger partial charge on any atom is -0.316 e. The molecule has 4 atom stereocenters. The van der Waals surface area contributed by atoms with Gasteiger partial charge in [0.15, 0.2) is 0 Å². The highest BCUT2D eigenvalue weighted by Gasteiger charge is 2.55. The zero-order valence-corrected chi connectivity index (χ0v) is 6.55. The van der Waals surface area contributed by atoms with Crippen molar-refractivity contribution in [2.24, 2.45) is 23.7 Å². The highest BCUT2D eigenvalue weighted by Crippen LogP contribution is 2.50. The van der Waals surface area contributed by atoms with E-state index >= 15 is 0 Å². The summed E-state index contributed by atoms with van der Waals surface area (Å²) in [4.78, 5) is 11.6. The monoisotopic (exact) mass is 151 g/mol. The van der Waals surface area contributed by atoms with Crippen molar-refractivity contribution in [3.05, 3.63) is 0 Å². The van der Waals surface area contributed by atoms with Crippen molar-refractivity contribution in [3.8, 4) is 0 Å². The van der Waals surface area contributed by atoms with Crippen LogP contribution in [-0.2, 0) is 4.79 Å². The minimum atomic E-state index is 0.458. The summed E-state index contributed by atoms with van der Waals surface area (Å²) in [6.07, 6.45) is 2.37. The van der Waals surface area contributed by atoms with Crippen LogP contribution in [0.5, 0.6) is 0 Å². The van der Waals surface area contributed by atoms with Crippen molar-refractivity contribution in [2.75, 3.05) is 13.1 Å². The molecule has 0 amide bonds. The molecule has 60 valence electrons. The van der Waals surface area contributed by atoms with Gasteiger partial charge < -0.3 is 5.32 Å². The molecule has 3 rings (SSSR count). The van der Waals surface area contributed by atoms with Crippen LogP contribution in [0, 0.1) is 23.7 Å². The van der Waals surface area contributed by atoms with Crippen LogP contribution in [0.15, 0.2) is 0 Å².